The number of amides is 1. The predicted molar refractivity (Wildman–Crippen MR) is 81.3 cm³/mol. The minimum Gasteiger partial charge on any atom is -0.361 e. The van der Waals surface area contributed by atoms with E-state index in [2.05, 4.69) is 10.1 Å². The second-order valence-corrected chi connectivity index (χ2v) is 5.32. The average Bonchev–Trinajstić information content (AvgIpc) is 2.96. The molecule has 20 heavy (non-hydrogen) atoms. The first-order chi connectivity index (χ1) is 9.58. The van der Waals surface area contributed by atoms with Crippen molar-refractivity contribution in [2.75, 3.05) is 7.05 Å². The Morgan fingerprint density at radius 2 is 2.05 bits per heavy atom. The van der Waals surface area contributed by atoms with E-state index in [0.29, 0.717) is 5.57 Å². The van der Waals surface area contributed by atoms with Crippen LogP contribution in [0.15, 0.2) is 41.1 Å². The van der Waals surface area contributed by atoms with Crippen LogP contribution >= 0.6 is 0 Å². The first kappa shape index (κ1) is 12.7. The molecule has 4 nitrogen and oxygen atoms in total. The fraction of sp³-hybridized carbons (Fsp3) is 0.250. The maximum absolute atomic E-state index is 12.2. The number of benzene rings is 1. The van der Waals surface area contributed by atoms with E-state index in [0.717, 1.165) is 22.2 Å². The van der Waals surface area contributed by atoms with Crippen molar-refractivity contribution in [1.29, 1.82) is 0 Å². The smallest absolute Gasteiger partial charge is 0.275 e. The Hall–Kier alpha value is -2.36. The van der Waals surface area contributed by atoms with Gasteiger partial charge in [0.25, 0.3) is 5.91 Å². The molecule has 2 aromatic rings. The summed E-state index contributed by atoms with van der Waals surface area (Å²) in [6, 6.07) is 8.06. The normalized spacial score (nSPS) is 17.6. The Labute approximate surface area is 117 Å². The van der Waals surface area contributed by atoms with E-state index >= 15 is 0 Å². The molecule has 2 heterocycles. The highest BCUT2D eigenvalue weighted by molar-refractivity contribution is 6.28. The van der Waals surface area contributed by atoms with Crippen LogP contribution in [-0.2, 0) is 4.79 Å². The zero-order valence-corrected chi connectivity index (χ0v) is 11.8. The molecule has 0 saturated heterocycles. The maximum atomic E-state index is 12.2. The van der Waals surface area contributed by atoms with E-state index in [1.165, 1.54) is 5.01 Å². The van der Waals surface area contributed by atoms with Crippen molar-refractivity contribution >= 4 is 28.6 Å². The minimum absolute atomic E-state index is 0.0426. The Balaban J connectivity index is 2.11. The molecule has 1 amide bonds. The molecule has 4 heteroatoms. The van der Waals surface area contributed by atoms with Gasteiger partial charge in [-0.05, 0) is 18.1 Å². The number of H-pyrrole nitrogens is 1. The Morgan fingerprint density at radius 1 is 1.30 bits per heavy atom. The highest BCUT2D eigenvalue weighted by atomic mass is 16.2. The number of nitrogens with one attached hydrogen (secondary N) is 1. The monoisotopic (exact) mass is 267 g/mol. The van der Waals surface area contributed by atoms with E-state index in [1.807, 2.05) is 50.4 Å². The van der Waals surface area contributed by atoms with Gasteiger partial charge in [0.1, 0.15) is 0 Å². The third kappa shape index (κ3) is 1.93. The molecule has 0 saturated carbocycles. The van der Waals surface area contributed by atoms with Crippen molar-refractivity contribution < 1.29 is 4.79 Å². The lowest BCUT2D eigenvalue weighted by Gasteiger charge is -2.04. The number of para-hydroxylation sites is 1. The molecule has 1 aromatic carbocycles. The fourth-order valence-corrected chi connectivity index (χ4v) is 2.48. The van der Waals surface area contributed by atoms with Crippen LogP contribution in [0.25, 0.3) is 17.0 Å². The fourth-order valence-electron chi connectivity index (χ4n) is 2.48. The van der Waals surface area contributed by atoms with Crippen LogP contribution in [0, 0.1) is 5.92 Å². The van der Waals surface area contributed by atoms with E-state index in [-0.39, 0.29) is 11.8 Å². The molecule has 0 atom stereocenters. The molecule has 0 fully saturated rings. The molecular formula is C16H17N3O. The summed E-state index contributed by atoms with van der Waals surface area (Å²) < 4.78 is 0. The Morgan fingerprint density at radius 3 is 2.80 bits per heavy atom. The SMILES string of the molecule is CC(C)C1=NN(C)C(=O)C1=Cc1c[nH]c2ccccc12. The number of rotatable bonds is 2. The summed E-state index contributed by atoms with van der Waals surface area (Å²) in [6.07, 6.45) is 3.87. The van der Waals surface area contributed by atoms with Crippen molar-refractivity contribution in [2.24, 2.45) is 11.0 Å². The van der Waals surface area contributed by atoms with Crippen molar-refractivity contribution in [3.8, 4) is 0 Å². The summed E-state index contributed by atoms with van der Waals surface area (Å²) >= 11 is 0. The zero-order valence-electron chi connectivity index (χ0n) is 11.8. The highest BCUT2D eigenvalue weighted by Crippen LogP contribution is 2.25. The Kier molecular flexibility index (Phi) is 2.93. The van der Waals surface area contributed by atoms with Gasteiger partial charge in [-0.15, -0.1) is 0 Å². The summed E-state index contributed by atoms with van der Waals surface area (Å²) in [5.41, 5.74) is 3.63. The number of hydrogen-bond acceptors (Lipinski definition) is 2. The van der Waals surface area contributed by atoms with Crippen LogP contribution in [0.3, 0.4) is 0 Å². The molecule has 0 radical (unpaired) electrons. The zero-order chi connectivity index (χ0) is 14.3. The molecule has 0 spiro atoms. The summed E-state index contributed by atoms with van der Waals surface area (Å²) in [5, 5.41) is 6.86. The topological polar surface area (TPSA) is 48.5 Å². The molecule has 0 unspecified atom stereocenters. The van der Waals surface area contributed by atoms with Crippen molar-refractivity contribution in [1.82, 2.24) is 9.99 Å². The standard InChI is InChI=1S/C16H17N3O/c1-10(2)15-13(16(20)19(3)18-15)8-11-9-17-14-7-5-4-6-12(11)14/h4-10,17H,1-3H3. The van der Waals surface area contributed by atoms with E-state index in [4.69, 9.17) is 0 Å². The number of hydrogen-bond donors (Lipinski definition) is 1. The number of likely N-dealkylation sites (N-methyl/N-ethyl adjacent to an activating group) is 1. The predicted octanol–water partition coefficient (Wildman–Crippen LogP) is 3.04. The van der Waals surface area contributed by atoms with Gasteiger partial charge in [0.2, 0.25) is 0 Å². The molecule has 1 aromatic heterocycles. The van der Waals surface area contributed by atoms with Crippen molar-refractivity contribution in [3.05, 3.63) is 41.6 Å². The van der Waals surface area contributed by atoms with Crippen molar-refractivity contribution in [2.45, 2.75) is 13.8 Å². The van der Waals surface area contributed by atoms with Gasteiger partial charge in [-0.1, -0.05) is 32.0 Å². The van der Waals surface area contributed by atoms with Crippen LogP contribution in [0.5, 0.6) is 0 Å². The second-order valence-electron chi connectivity index (χ2n) is 5.32. The number of aromatic nitrogens is 1. The number of fused-ring (bicyclic) bond motifs is 1. The van der Waals surface area contributed by atoms with Gasteiger partial charge >= 0.3 is 0 Å². The molecule has 0 aliphatic carbocycles. The van der Waals surface area contributed by atoms with Gasteiger partial charge < -0.3 is 4.98 Å². The summed E-state index contributed by atoms with van der Waals surface area (Å²) in [5.74, 6) is 0.180. The summed E-state index contributed by atoms with van der Waals surface area (Å²) in [4.78, 5) is 15.4. The quantitative estimate of drug-likeness (QED) is 0.835. The molecule has 102 valence electrons. The number of carbonyl (C=O) groups excluding carboxylic acids is 1. The third-order valence-corrected chi connectivity index (χ3v) is 3.53. The van der Waals surface area contributed by atoms with E-state index in [9.17, 15) is 4.79 Å². The van der Waals surface area contributed by atoms with Crippen LogP contribution in [0.2, 0.25) is 0 Å². The second kappa shape index (κ2) is 4.63. The summed E-state index contributed by atoms with van der Waals surface area (Å²) in [7, 11) is 1.70. The first-order valence-electron chi connectivity index (χ1n) is 6.72. The number of aromatic amines is 1. The lowest BCUT2D eigenvalue weighted by atomic mass is 9.98. The molecule has 3 rings (SSSR count). The van der Waals surface area contributed by atoms with Gasteiger partial charge in [0, 0.05) is 29.7 Å². The van der Waals surface area contributed by atoms with Gasteiger partial charge in [0.05, 0.1) is 11.3 Å². The third-order valence-electron chi connectivity index (χ3n) is 3.53. The lowest BCUT2D eigenvalue weighted by molar-refractivity contribution is -0.124. The highest BCUT2D eigenvalue weighted by Gasteiger charge is 2.29. The molecule has 1 aliphatic heterocycles. The van der Waals surface area contributed by atoms with Gasteiger partial charge in [0.15, 0.2) is 0 Å². The number of hydrazone groups is 1. The van der Waals surface area contributed by atoms with Gasteiger partial charge in [-0.3, -0.25) is 4.79 Å². The number of carbonyl (C=O) groups is 1. The van der Waals surface area contributed by atoms with Gasteiger partial charge in [-0.25, -0.2) is 5.01 Å². The molecular weight excluding hydrogens is 250 g/mol. The lowest BCUT2D eigenvalue weighted by Crippen LogP contribution is -2.17. The van der Waals surface area contributed by atoms with Crippen LogP contribution in [-0.4, -0.2) is 28.7 Å². The molecule has 1 aliphatic rings. The van der Waals surface area contributed by atoms with Crippen LogP contribution in [0.4, 0.5) is 0 Å². The largest absolute Gasteiger partial charge is 0.361 e. The van der Waals surface area contributed by atoms with E-state index in [1.54, 1.807) is 7.05 Å². The first-order valence-corrected chi connectivity index (χ1v) is 6.72. The Bertz CT molecular complexity index is 737. The minimum atomic E-state index is -0.0426. The average molecular weight is 267 g/mol. The van der Waals surface area contributed by atoms with E-state index < -0.39 is 0 Å². The van der Waals surface area contributed by atoms with Crippen molar-refractivity contribution in [3.63, 3.8) is 0 Å². The number of nitrogens with zero attached hydrogens (tertiary/aromatic N) is 2. The van der Waals surface area contributed by atoms with Gasteiger partial charge in [-0.2, -0.15) is 5.10 Å². The molecule has 0 bridgehead atoms. The summed E-state index contributed by atoms with van der Waals surface area (Å²) in [6.45, 7) is 4.10. The van der Waals surface area contributed by atoms with Crippen LogP contribution in [0.1, 0.15) is 19.4 Å². The van der Waals surface area contributed by atoms with Crippen LogP contribution < -0.4 is 0 Å². The molecule has 1 N–H and O–H groups in total. The maximum Gasteiger partial charge on any atom is 0.275 e.